The maximum atomic E-state index is 6.43. The molecule has 0 unspecified atom stereocenters. The minimum absolute atomic E-state index is 0.559. The zero-order valence-corrected chi connectivity index (χ0v) is 31.7. The zero-order chi connectivity index (χ0) is 38.2. The Morgan fingerprint density at radius 2 is 0.948 bits per heavy atom. The molecule has 58 heavy (non-hydrogen) atoms. The number of furan rings is 1. The number of aromatic nitrogens is 4. The smallest absolute Gasteiger partial charge is 0.167 e. The largest absolute Gasteiger partial charge is 0.455 e. The molecule has 0 bridgehead atoms. The van der Waals surface area contributed by atoms with E-state index in [0.717, 1.165) is 77.3 Å². The quantitative estimate of drug-likeness (QED) is 0.164. The molecule has 0 saturated heterocycles. The van der Waals surface area contributed by atoms with Crippen molar-refractivity contribution >= 4 is 75.1 Å². The van der Waals surface area contributed by atoms with Crippen LogP contribution in [0, 0.1) is 0 Å². The third-order valence-electron chi connectivity index (χ3n) is 11.1. The summed E-state index contributed by atoms with van der Waals surface area (Å²) >= 11 is 1.85. The van der Waals surface area contributed by atoms with Gasteiger partial charge in [-0.15, -0.1) is 11.3 Å². The first-order valence-electron chi connectivity index (χ1n) is 19.3. The number of thiophene rings is 1. The second-order valence-corrected chi connectivity index (χ2v) is 15.6. The Morgan fingerprint density at radius 3 is 1.74 bits per heavy atom. The zero-order valence-electron chi connectivity index (χ0n) is 30.9. The maximum absolute atomic E-state index is 6.43. The van der Waals surface area contributed by atoms with Crippen LogP contribution >= 0.6 is 11.3 Å². The van der Waals surface area contributed by atoms with Crippen LogP contribution in [0.3, 0.4) is 0 Å². The van der Waals surface area contributed by atoms with Gasteiger partial charge in [0.15, 0.2) is 17.5 Å². The third kappa shape index (κ3) is 5.16. The standard InChI is InChI=1S/C52H30N4OS/c1-3-13-32(14-4-1)47-40-29-30-44-46(38-18-8-10-24-43(38)58-44)45(40)39-21-11-19-35(48(39)53-47)31-25-27-34(28-26-31)51-54-50(33-15-5-2-6-16-33)55-52(56-51)41-22-12-20-37-36-17-7-9-23-42(36)57-49(37)41/h1-30H. The molecular formula is C52H30N4OS. The predicted octanol–water partition coefficient (Wildman–Crippen LogP) is 14.2. The summed E-state index contributed by atoms with van der Waals surface area (Å²) in [6, 6.07) is 63.2. The fourth-order valence-electron chi connectivity index (χ4n) is 8.44. The van der Waals surface area contributed by atoms with E-state index < -0.39 is 0 Å². The number of benzene rings is 8. The number of fused-ring (bicyclic) bond motifs is 10. The van der Waals surface area contributed by atoms with Crippen molar-refractivity contribution in [3.05, 3.63) is 182 Å². The first-order chi connectivity index (χ1) is 28.7. The maximum Gasteiger partial charge on any atom is 0.167 e. The monoisotopic (exact) mass is 758 g/mol. The highest BCUT2D eigenvalue weighted by atomic mass is 32.1. The first kappa shape index (κ1) is 32.7. The Bertz CT molecular complexity index is 3560. The molecule has 8 aromatic carbocycles. The summed E-state index contributed by atoms with van der Waals surface area (Å²) in [5, 5.41) is 8.18. The van der Waals surface area contributed by atoms with E-state index in [0.29, 0.717) is 17.5 Å². The molecular weight excluding hydrogens is 729 g/mol. The van der Waals surface area contributed by atoms with Crippen molar-refractivity contribution in [1.82, 2.24) is 19.9 Å². The number of pyridine rings is 1. The molecule has 0 atom stereocenters. The van der Waals surface area contributed by atoms with Gasteiger partial charge in [-0.2, -0.15) is 0 Å². The van der Waals surface area contributed by atoms with Crippen LogP contribution < -0.4 is 0 Å². The highest BCUT2D eigenvalue weighted by Gasteiger charge is 2.20. The molecule has 0 N–H and O–H groups in total. The fourth-order valence-corrected chi connectivity index (χ4v) is 9.56. The molecule has 0 aliphatic rings. The van der Waals surface area contributed by atoms with Crippen LogP contribution in [-0.4, -0.2) is 19.9 Å². The van der Waals surface area contributed by atoms with Gasteiger partial charge < -0.3 is 4.42 Å². The van der Waals surface area contributed by atoms with Crippen LogP contribution in [0.4, 0.5) is 0 Å². The van der Waals surface area contributed by atoms with Gasteiger partial charge in [-0.25, -0.2) is 19.9 Å². The summed E-state index contributed by atoms with van der Waals surface area (Å²) in [6.07, 6.45) is 0. The summed E-state index contributed by atoms with van der Waals surface area (Å²) < 4.78 is 8.99. The van der Waals surface area contributed by atoms with Crippen molar-refractivity contribution in [1.29, 1.82) is 0 Å². The Kier molecular flexibility index (Phi) is 7.33. The van der Waals surface area contributed by atoms with E-state index in [9.17, 15) is 0 Å². The normalized spacial score (nSPS) is 11.8. The lowest BCUT2D eigenvalue weighted by molar-refractivity contribution is 0.669. The molecule has 0 aliphatic heterocycles. The van der Waals surface area contributed by atoms with Crippen LogP contribution in [-0.2, 0) is 0 Å². The van der Waals surface area contributed by atoms with Crippen LogP contribution in [0.2, 0.25) is 0 Å². The van der Waals surface area contributed by atoms with E-state index in [2.05, 4.69) is 121 Å². The molecule has 12 aromatic rings. The van der Waals surface area contributed by atoms with Crippen LogP contribution in [0.25, 0.3) is 120 Å². The topological polar surface area (TPSA) is 64.7 Å². The SMILES string of the molecule is c1ccc(-c2nc(-c3ccc(-c4cccc5c4nc(-c4ccccc4)c4ccc6sc7ccccc7c6c45)cc3)nc(-c3cccc4c3oc3ccccc34)n2)cc1. The summed E-state index contributed by atoms with van der Waals surface area (Å²) in [6.45, 7) is 0. The average molecular weight is 759 g/mol. The number of rotatable bonds is 5. The molecule has 4 aromatic heterocycles. The Hall–Kier alpha value is -7.54. The van der Waals surface area contributed by atoms with Crippen LogP contribution in [0.15, 0.2) is 186 Å². The van der Waals surface area contributed by atoms with E-state index in [1.165, 1.54) is 25.6 Å². The lowest BCUT2D eigenvalue weighted by Crippen LogP contribution is -2.00. The Labute approximate surface area is 336 Å². The van der Waals surface area contributed by atoms with Gasteiger partial charge in [0, 0.05) is 69.4 Å². The Balaban J connectivity index is 1.04. The molecule has 0 radical (unpaired) electrons. The van der Waals surface area contributed by atoms with Crippen molar-refractivity contribution < 1.29 is 4.42 Å². The van der Waals surface area contributed by atoms with E-state index in [-0.39, 0.29) is 0 Å². The minimum atomic E-state index is 0.559. The minimum Gasteiger partial charge on any atom is -0.455 e. The highest BCUT2D eigenvalue weighted by Crippen LogP contribution is 2.45. The summed E-state index contributed by atoms with van der Waals surface area (Å²) in [5.41, 5.74) is 9.38. The van der Waals surface area contributed by atoms with Gasteiger partial charge in [-0.3, -0.25) is 0 Å². The van der Waals surface area contributed by atoms with Gasteiger partial charge in [-0.05, 0) is 29.8 Å². The van der Waals surface area contributed by atoms with E-state index >= 15 is 0 Å². The number of para-hydroxylation sites is 3. The molecule has 270 valence electrons. The van der Waals surface area contributed by atoms with Crippen molar-refractivity contribution in [3.63, 3.8) is 0 Å². The fraction of sp³-hybridized carbons (Fsp3) is 0. The predicted molar refractivity (Wildman–Crippen MR) is 240 cm³/mol. The van der Waals surface area contributed by atoms with Crippen molar-refractivity contribution in [2.24, 2.45) is 0 Å². The first-order valence-corrected chi connectivity index (χ1v) is 20.1. The Morgan fingerprint density at radius 1 is 0.345 bits per heavy atom. The van der Waals surface area contributed by atoms with Crippen molar-refractivity contribution in [3.8, 4) is 56.5 Å². The molecule has 0 aliphatic carbocycles. The molecule has 0 saturated carbocycles. The number of nitrogens with zero attached hydrogens (tertiary/aromatic N) is 4. The van der Waals surface area contributed by atoms with Crippen molar-refractivity contribution in [2.45, 2.75) is 0 Å². The van der Waals surface area contributed by atoms with Gasteiger partial charge in [0.25, 0.3) is 0 Å². The lowest BCUT2D eigenvalue weighted by Gasteiger charge is -2.15. The summed E-state index contributed by atoms with van der Waals surface area (Å²) in [7, 11) is 0. The number of hydrogen-bond donors (Lipinski definition) is 0. The molecule has 5 nitrogen and oxygen atoms in total. The molecule has 6 heteroatoms. The lowest BCUT2D eigenvalue weighted by atomic mass is 9.93. The van der Waals surface area contributed by atoms with Gasteiger partial charge >= 0.3 is 0 Å². The second-order valence-electron chi connectivity index (χ2n) is 14.5. The molecule has 0 fully saturated rings. The van der Waals surface area contributed by atoms with E-state index in [1.54, 1.807) is 0 Å². The van der Waals surface area contributed by atoms with Crippen molar-refractivity contribution in [2.75, 3.05) is 0 Å². The van der Waals surface area contributed by atoms with Gasteiger partial charge in [0.1, 0.15) is 11.2 Å². The molecule has 0 spiro atoms. The van der Waals surface area contributed by atoms with Crippen LogP contribution in [0.1, 0.15) is 0 Å². The number of hydrogen-bond acceptors (Lipinski definition) is 6. The van der Waals surface area contributed by atoms with Gasteiger partial charge in [0.05, 0.1) is 16.8 Å². The summed E-state index contributed by atoms with van der Waals surface area (Å²) in [4.78, 5) is 20.7. The molecule has 12 rings (SSSR count). The van der Waals surface area contributed by atoms with Gasteiger partial charge in [0.2, 0.25) is 0 Å². The van der Waals surface area contributed by atoms with Crippen LogP contribution in [0.5, 0.6) is 0 Å². The summed E-state index contributed by atoms with van der Waals surface area (Å²) in [5.74, 6) is 1.75. The third-order valence-corrected chi connectivity index (χ3v) is 12.3. The highest BCUT2D eigenvalue weighted by molar-refractivity contribution is 7.26. The molecule has 4 heterocycles. The van der Waals surface area contributed by atoms with Gasteiger partial charge in [-0.1, -0.05) is 158 Å². The molecule has 0 amide bonds. The van der Waals surface area contributed by atoms with E-state index in [1.807, 2.05) is 72.0 Å². The second kappa shape index (κ2) is 13.0. The average Bonchev–Trinajstić information content (AvgIpc) is 3.88. The van der Waals surface area contributed by atoms with E-state index in [4.69, 9.17) is 24.4 Å².